The van der Waals surface area contributed by atoms with E-state index in [-0.39, 0.29) is 17.1 Å². The van der Waals surface area contributed by atoms with E-state index in [0.717, 1.165) is 38.0 Å². The van der Waals surface area contributed by atoms with Crippen LogP contribution in [0.3, 0.4) is 0 Å². The number of hydrogen-bond acceptors (Lipinski definition) is 4. The lowest BCUT2D eigenvalue weighted by molar-refractivity contribution is -0.180. The molecular weight excluding hydrogens is 402 g/mol. The Labute approximate surface area is 190 Å². The van der Waals surface area contributed by atoms with E-state index in [1.165, 1.54) is 19.3 Å². The second kappa shape index (κ2) is 6.98. The molecule has 5 fully saturated rings. The highest BCUT2D eigenvalue weighted by molar-refractivity contribution is 5.98. The van der Waals surface area contributed by atoms with Crippen molar-refractivity contribution >= 4 is 11.7 Å². The molecule has 0 aromatic heterocycles. The summed E-state index contributed by atoms with van der Waals surface area (Å²) in [4.78, 5) is 29.1. The first-order valence-corrected chi connectivity index (χ1v) is 12.5. The lowest BCUT2D eigenvalue weighted by Gasteiger charge is -2.65. The number of ether oxygens (including phenoxy) is 2. The summed E-state index contributed by atoms with van der Waals surface area (Å²) in [6, 6.07) is 5.52. The first-order valence-electron chi connectivity index (χ1n) is 12.5. The van der Waals surface area contributed by atoms with Crippen molar-refractivity contribution in [2.24, 2.45) is 28.1 Å². The fourth-order valence-corrected chi connectivity index (χ4v) is 8.80. The van der Waals surface area contributed by atoms with Gasteiger partial charge in [-0.3, -0.25) is 9.59 Å². The van der Waals surface area contributed by atoms with Gasteiger partial charge in [0, 0.05) is 24.6 Å². The number of fused-ring (bicyclic) bond motifs is 1. The highest BCUT2D eigenvalue weighted by atomic mass is 16.6. The number of amides is 1. The van der Waals surface area contributed by atoms with Gasteiger partial charge in [0.1, 0.15) is 13.2 Å². The molecule has 1 aromatic carbocycles. The van der Waals surface area contributed by atoms with E-state index in [0.29, 0.717) is 60.1 Å². The Morgan fingerprint density at radius 2 is 1.56 bits per heavy atom. The summed E-state index contributed by atoms with van der Waals surface area (Å²) < 4.78 is 11.2. The number of Topliss-reactive ketones (excluding diaryl/α,β-unsaturated/α-hetero) is 1. The summed E-state index contributed by atoms with van der Waals surface area (Å²) in [5.41, 5.74) is 1.24. The molecule has 5 heteroatoms. The fraction of sp³-hybridized carbons (Fsp3) is 0.704. The van der Waals surface area contributed by atoms with Crippen molar-refractivity contribution in [2.45, 2.75) is 65.2 Å². The molecule has 7 rings (SSSR count). The third kappa shape index (κ3) is 3.26. The molecule has 1 saturated heterocycles. The van der Waals surface area contributed by atoms with E-state index in [2.05, 4.69) is 18.7 Å². The Morgan fingerprint density at radius 1 is 0.906 bits per heavy atom. The second-order valence-corrected chi connectivity index (χ2v) is 12.2. The molecule has 4 bridgehead atoms. The fourth-order valence-electron chi connectivity index (χ4n) is 8.80. The Bertz CT molecular complexity index is 944. The molecule has 2 unspecified atom stereocenters. The van der Waals surface area contributed by atoms with Crippen molar-refractivity contribution in [3.63, 3.8) is 0 Å². The van der Waals surface area contributed by atoms with Crippen LogP contribution in [0, 0.1) is 28.1 Å². The smallest absolute Gasteiger partial charge is 0.228 e. The van der Waals surface area contributed by atoms with Crippen LogP contribution in [0.15, 0.2) is 18.2 Å². The first-order chi connectivity index (χ1) is 15.3. The number of ketones is 1. The number of piperidine rings is 1. The largest absolute Gasteiger partial charge is 0.486 e. The summed E-state index contributed by atoms with van der Waals surface area (Å²) >= 11 is 0. The summed E-state index contributed by atoms with van der Waals surface area (Å²) in [5.74, 6) is 2.64. The number of rotatable bonds is 3. The van der Waals surface area contributed by atoms with Gasteiger partial charge in [-0.05, 0) is 86.3 Å². The molecule has 4 atom stereocenters. The number of likely N-dealkylation sites (tertiary alicyclic amines) is 1. The monoisotopic (exact) mass is 437 g/mol. The van der Waals surface area contributed by atoms with Crippen LogP contribution in [0.1, 0.15) is 75.6 Å². The van der Waals surface area contributed by atoms with Crippen LogP contribution in [0.2, 0.25) is 0 Å². The van der Waals surface area contributed by atoms with Gasteiger partial charge in [0.05, 0.1) is 5.41 Å². The molecule has 0 spiro atoms. The Kier molecular flexibility index (Phi) is 4.48. The molecule has 2 aliphatic heterocycles. The summed E-state index contributed by atoms with van der Waals surface area (Å²) in [6.07, 6.45) is 8.65. The number of hydrogen-bond donors (Lipinski definition) is 0. The second-order valence-electron chi connectivity index (χ2n) is 12.2. The maximum Gasteiger partial charge on any atom is 0.228 e. The molecule has 6 aliphatic rings. The van der Waals surface area contributed by atoms with Gasteiger partial charge >= 0.3 is 0 Å². The van der Waals surface area contributed by atoms with Gasteiger partial charge in [0.25, 0.3) is 0 Å². The third-order valence-corrected chi connectivity index (χ3v) is 9.06. The van der Waals surface area contributed by atoms with Gasteiger partial charge < -0.3 is 14.4 Å². The number of nitrogens with zero attached hydrogens (tertiary/aromatic N) is 1. The Balaban J connectivity index is 1.13. The van der Waals surface area contributed by atoms with E-state index in [1.54, 1.807) is 0 Å². The van der Waals surface area contributed by atoms with Gasteiger partial charge in [-0.2, -0.15) is 0 Å². The minimum Gasteiger partial charge on any atom is -0.486 e. The molecule has 1 amide bonds. The maximum absolute atomic E-state index is 13.9. The zero-order valence-corrected chi connectivity index (χ0v) is 19.5. The van der Waals surface area contributed by atoms with Gasteiger partial charge in [-0.15, -0.1) is 0 Å². The number of benzene rings is 1. The molecule has 172 valence electrons. The molecule has 4 saturated carbocycles. The SMILES string of the molecule is C[C@]12CC3CC(C(=O)N4CCC(C(=O)c5ccc6c(c5)OCCO6)CC4)(C1)C[C@@](C)(C3)C2. The normalized spacial score (nSPS) is 38.1. The van der Waals surface area contributed by atoms with Crippen LogP contribution in [-0.4, -0.2) is 42.9 Å². The van der Waals surface area contributed by atoms with Crippen LogP contribution in [0.25, 0.3) is 0 Å². The molecule has 32 heavy (non-hydrogen) atoms. The predicted octanol–water partition coefficient (Wildman–Crippen LogP) is 4.88. The van der Waals surface area contributed by atoms with Crippen LogP contribution in [-0.2, 0) is 4.79 Å². The standard InChI is InChI=1S/C27H35NO4/c1-25-12-18-13-26(2,15-25)17-27(14-18,16-25)24(30)28-7-5-19(6-8-28)23(29)20-3-4-21-22(11-20)32-10-9-31-21/h3-4,11,18-19H,5-10,12-17H2,1-2H3/t18?,25-,26+,27?. The van der Waals surface area contributed by atoms with Gasteiger partial charge in [-0.1, -0.05) is 13.8 Å². The highest BCUT2D eigenvalue weighted by Crippen LogP contribution is 2.69. The summed E-state index contributed by atoms with van der Waals surface area (Å²) in [5, 5.41) is 0. The van der Waals surface area contributed by atoms with Crippen molar-refractivity contribution in [3.05, 3.63) is 23.8 Å². The van der Waals surface area contributed by atoms with Crippen molar-refractivity contribution < 1.29 is 19.1 Å². The number of carbonyl (C=O) groups is 2. The first kappa shape index (κ1) is 20.6. The van der Waals surface area contributed by atoms with Crippen LogP contribution >= 0.6 is 0 Å². The Morgan fingerprint density at radius 3 is 2.22 bits per heavy atom. The van der Waals surface area contributed by atoms with Crippen LogP contribution < -0.4 is 9.47 Å². The van der Waals surface area contributed by atoms with E-state index >= 15 is 0 Å². The molecule has 0 radical (unpaired) electrons. The van der Waals surface area contributed by atoms with Crippen LogP contribution in [0.4, 0.5) is 0 Å². The minimum absolute atomic E-state index is 0.0204. The van der Waals surface area contributed by atoms with E-state index < -0.39 is 0 Å². The minimum atomic E-state index is -0.143. The summed E-state index contributed by atoms with van der Waals surface area (Å²) in [6.45, 7) is 7.34. The molecule has 0 N–H and O–H groups in total. The molecule has 1 aromatic rings. The van der Waals surface area contributed by atoms with Crippen molar-refractivity contribution in [1.29, 1.82) is 0 Å². The van der Waals surface area contributed by atoms with Gasteiger partial charge in [0.2, 0.25) is 5.91 Å². The van der Waals surface area contributed by atoms with E-state index in [4.69, 9.17) is 9.47 Å². The predicted molar refractivity (Wildman–Crippen MR) is 121 cm³/mol. The topological polar surface area (TPSA) is 55.8 Å². The molecule has 5 nitrogen and oxygen atoms in total. The lowest BCUT2D eigenvalue weighted by atomic mass is 9.40. The van der Waals surface area contributed by atoms with Crippen molar-refractivity contribution in [3.8, 4) is 11.5 Å². The van der Waals surface area contributed by atoms with E-state index in [1.807, 2.05) is 18.2 Å². The third-order valence-electron chi connectivity index (χ3n) is 9.06. The molecular formula is C27H35NO4. The number of carbonyl (C=O) groups excluding carboxylic acids is 2. The van der Waals surface area contributed by atoms with Gasteiger partial charge in [-0.25, -0.2) is 0 Å². The van der Waals surface area contributed by atoms with Crippen molar-refractivity contribution in [1.82, 2.24) is 4.90 Å². The van der Waals surface area contributed by atoms with Crippen LogP contribution in [0.5, 0.6) is 11.5 Å². The average molecular weight is 438 g/mol. The van der Waals surface area contributed by atoms with Gasteiger partial charge in [0.15, 0.2) is 17.3 Å². The zero-order valence-electron chi connectivity index (χ0n) is 19.5. The maximum atomic E-state index is 13.9. The molecule has 4 aliphatic carbocycles. The highest BCUT2D eigenvalue weighted by Gasteiger charge is 2.63. The molecule has 2 heterocycles. The zero-order chi connectivity index (χ0) is 22.1. The Hall–Kier alpha value is -2.04. The average Bonchev–Trinajstić information content (AvgIpc) is 2.75. The summed E-state index contributed by atoms with van der Waals surface area (Å²) in [7, 11) is 0. The van der Waals surface area contributed by atoms with Crippen molar-refractivity contribution in [2.75, 3.05) is 26.3 Å². The quantitative estimate of drug-likeness (QED) is 0.633. The lowest BCUT2D eigenvalue weighted by Crippen LogP contribution is -2.61. The van der Waals surface area contributed by atoms with E-state index in [9.17, 15) is 9.59 Å².